The summed E-state index contributed by atoms with van der Waals surface area (Å²) in [7, 11) is 0. The van der Waals surface area contributed by atoms with Gasteiger partial charge in [0.25, 0.3) is 0 Å². The fourth-order valence-electron chi connectivity index (χ4n) is 6.61. The van der Waals surface area contributed by atoms with Gasteiger partial charge in [0.15, 0.2) is 0 Å². The normalized spacial score (nSPS) is 12.1. The molecule has 0 aliphatic heterocycles. The van der Waals surface area contributed by atoms with E-state index in [1.807, 2.05) is 41.2 Å². The van der Waals surface area contributed by atoms with E-state index < -0.39 is 0 Å². The van der Waals surface area contributed by atoms with Crippen molar-refractivity contribution >= 4 is 21.8 Å². The summed E-state index contributed by atoms with van der Waals surface area (Å²) < 4.78 is 10.7. The number of ether oxygens (including phenoxy) is 1. The predicted octanol–water partition coefficient (Wildman–Crippen LogP) is 11.1. The third kappa shape index (κ3) is 6.87. The number of fused-ring (bicyclic) bond motifs is 3. The number of pyridine rings is 1. The smallest absolute Gasteiger partial charge is 0.509 e. The van der Waals surface area contributed by atoms with Crippen LogP contribution in [-0.4, -0.2) is 19.3 Å². The Kier molecular flexibility index (Phi) is 10.2. The molecule has 7 aromatic rings. The Balaban J connectivity index is 0.00000417. The first-order chi connectivity index (χ1) is 23.3. The molecule has 0 fully saturated rings. The Hall–Kier alpha value is -4.47. The van der Waals surface area contributed by atoms with Crippen LogP contribution in [0.3, 0.4) is 0 Å². The molecule has 0 bridgehead atoms. The third-order valence-corrected chi connectivity index (χ3v) is 9.46. The van der Waals surface area contributed by atoms with Crippen LogP contribution in [0.2, 0.25) is 0 Å². The quantitative estimate of drug-likeness (QED) is 0.129. The van der Waals surface area contributed by atoms with Gasteiger partial charge in [0.2, 0.25) is 0 Å². The number of benzene rings is 4. The minimum atomic E-state index is 0. The van der Waals surface area contributed by atoms with Crippen LogP contribution < -0.4 is 4.74 Å². The van der Waals surface area contributed by atoms with Crippen molar-refractivity contribution in [1.29, 1.82) is 0 Å². The van der Waals surface area contributed by atoms with E-state index in [-0.39, 0.29) is 21.1 Å². The van der Waals surface area contributed by atoms with E-state index in [9.17, 15) is 0 Å². The van der Waals surface area contributed by atoms with E-state index in [0.717, 1.165) is 69.7 Å². The summed E-state index contributed by atoms with van der Waals surface area (Å²) in [6.07, 6.45) is 5.18. The molecule has 3 aromatic heterocycles. The molecule has 1 unspecified atom stereocenters. The molecule has 0 amide bonds. The summed E-state index contributed by atoms with van der Waals surface area (Å²) in [4.78, 5) is 4.87. The van der Waals surface area contributed by atoms with Gasteiger partial charge in [-0.1, -0.05) is 75.7 Å². The second kappa shape index (κ2) is 14.6. The molecule has 3 heterocycles. The average Bonchev–Trinajstić information content (AvgIpc) is 3.59. The zero-order valence-corrected chi connectivity index (χ0v) is 31.3. The number of nitrogens with zero attached hydrogens (tertiary/aromatic N) is 4. The molecule has 1 atom stereocenters. The first-order valence-electron chi connectivity index (χ1n) is 17.1. The van der Waals surface area contributed by atoms with Crippen molar-refractivity contribution in [1.82, 2.24) is 19.3 Å². The van der Waals surface area contributed by atoms with Gasteiger partial charge in [-0.05, 0) is 90.9 Å². The Labute approximate surface area is 304 Å². The SMILES string of the molecule is CCC(C)c1ccc2c(c1)c1ccc(Oc3[c-]c(-n4nc(C)c(-c5ccccc5)c4C)ccc3)[c-]c1n2-c1cc(CCC(C)C)ccn1.[Pt+2]. The van der Waals surface area contributed by atoms with E-state index in [1.54, 1.807) is 0 Å². The topological polar surface area (TPSA) is 44.9 Å². The molecule has 0 spiro atoms. The Bertz CT molecular complexity index is 2230. The molecule has 250 valence electrons. The summed E-state index contributed by atoms with van der Waals surface area (Å²) in [6, 6.07) is 38.8. The van der Waals surface area contributed by atoms with Crippen molar-refractivity contribution in [2.45, 2.75) is 66.7 Å². The monoisotopic (exact) mass is 825 g/mol. The molecule has 0 saturated carbocycles. The van der Waals surface area contributed by atoms with Gasteiger partial charge in [-0.25, -0.2) is 4.98 Å². The maximum atomic E-state index is 6.48. The summed E-state index contributed by atoms with van der Waals surface area (Å²) in [5, 5.41) is 7.21. The van der Waals surface area contributed by atoms with Crippen molar-refractivity contribution in [3.05, 3.63) is 132 Å². The molecule has 0 aliphatic carbocycles. The van der Waals surface area contributed by atoms with Gasteiger partial charge < -0.3 is 9.30 Å². The largest absolute Gasteiger partial charge is 2.00 e. The van der Waals surface area contributed by atoms with E-state index >= 15 is 0 Å². The van der Waals surface area contributed by atoms with E-state index in [4.69, 9.17) is 14.8 Å². The first kappa shape index (κ1) is 34.4. The second-order valence-corrected chi connectivity index (χ2v) is 13.3. The van der Waals surface area contributed by atoms with Crippen LogP contribution in [0.4, 0.5) is 0 Å². The van der Waals surface area contributed by atoms with Gasteiger partial charge in [0.05, 0.1) is 5.69 Å². The molecule has 0 radical (unpaired) electrons. The molecule has 0 N–H and O–H groups in total. The number of hydrogen-bond donors (Lipinski definition) is 0. The van der Waals surface area contributed by atoms with Gasteiger partial charge in [-0.2, -0.15) is 17.2 Å². The molecule has 0 saturated heterocycles. The van der Waals surface area contributed by atoms with Crippen LogP contribution in [-0.2, 0) is 27.5 Å². The Morgan fingerprint density at radius 3 is 2.39 bits per heavy atom. The van der Waals surface area contributed by atoms with Crippen molar-refractivity contribution in [3.63, 3.8) is 0 Å². The van der Waals surface area contributed by atoms with Crippen LogP contribution >= 0.6 is 0 Å². The maximum Gasteiger partial charge on any atom is 2.00 e. The molecular formula is C43H42N4OPt. The van der Waals surface area contributed by atoms with Crippen LogP contribution in [0.25, 0.3) is 44.4 Å². The van der Waals surface area contributed by atoms with Gasteiger partial charge >= 0.3 is 21.1 Å². The van der Waals surface area contributed by atoms with Crippen molar-refractivity contribution < 1.29 is 25.8 Å². The average molecular weight is 826 g/mol. The molecule has 6 heteroatoms. The third-order valence-electron chi connectivity index (χ3n) is 9.46. The van der Waals surface area contributed by atoms with E-state index in [0.29, 0.717) is 23.3 Å². The minimum Gasteiger partial charge on any atom is -0.509 e. The molecule has 4 aromatic carbocycles. The number of aryl methyl sites for hydroxylation is 2. The fraction of sp³-hybridized carbons (Fsp3) is 0.256. The fourth-order valence-corrected chi connectivity index (χ4v) is 6.61. The molecule has 49 heavy (non-hydrogen) atoms. The van der Waals surface area contributed by atoms with E-state index in [1.165, 1.54) is 16.5 Å². The van der Waals surface area contributed by atoms with Gasteiger partial charge in [-0.3, -0.25) is 4.68 Å². The summed E-state index contributed by atoms with van der Waals surface area (Å²) in [5.74, 6) is 3.24. The summed E-state index contributed by atoms with van der Waals surface area (Å²) in [6.45, 7) is 13.2. The molecule has 7 rings (SSSR count). The molecule has 5 nitrogen and oxygen atoms in total. The number of aromatic nitrogens is 4. The molecular weight excluding hydrogens is 784 g/mol. The zero-order valence-electron chi connectivity index (χ0n) is 29.0. The predicted molar refractivity (Wildman–Crippen MR) is 197 cm³/mol. The Morgan fingerprint density at radius 1 is 0.816 bits per heavy atom. The van der Waals surface area contributed by atoms with Crippen molar-refractivity contribution in [2.75, 3.05) is 0 Å². The van der Waals surface area contributed by atoms with Crippen LogP contribution in [0, 0.1) is 31.9 Å². The van der Waals surface area contributed by atoms with E-state index in [2.05, 4.69) is 119 Å². The van der Waals surface area contributed by atoms with Crippen LogP contribution in [0.1, 0.15) is 69.0 Å². The second-order valence-electron chi connectivity index (χ2n) is 13.3. The summed E-state index contributed by atoms with van der Waals surface area (Å²) >= 11 is 0. The summed E-state index contributed by atoms with van der Waals surface area (Å²) in [5.41, 5.74) is 9.84. The van der Waals surface area contributed by atoms with Gasteiger partial charge in [-0.15, -0.1) is 35.7 Å². The zero-order chi connectivity index (χ0) is 33.4. The number of rotatable bonds is 10. The maximum absolute atomic E-state index is 6.48. The van der Waals surface area contributed by atoms with Crippen molar-refractivity contribution in [2.24, 2.45) is 5.92 Å². The minimum absolute atomic E-state index is 0. The molecule has 0 aliphatic rings. The van der Waals surface area contributed by atoms with Crippen LogP contribution in [0.15, 0.2) is 97.2 Å². The van der Waals surface area contributed by atoms with Gasteiger partial charge in [0, 0.05) is 34.5 Å². The Morgan fingerprint density at radius 2 is 1.61 bits per heavy atom. The van der Waals surface area contributed by atoms with Gasteiger partial charge in [0.1, 0.15) is 5.82 Å². The standard InChI is InChI=1S/C43H42N4O.Pt/c1-7-29(4)34-18-21-40-39(25-34)38-20-19-37(27-41(38)46(40)42-24-32(22-23-44-42)17-16-28(2)3)48-36-15-11-14-35(26-36)47-31(6)43(30(5)45-47)33-12-9-8-10-13-33;/h8-15,18-25,28-29H,7,16-17H2,1-6H3;/q-2;+2. The number of hydrogen-bond acceptors (Lipinski definition) is 3. The van der Waals surface area contributed by atoms with Crippen LogP contribution in [0.5, 0.6) is 11.5 Å². The first-order valence-corrected chi connectivity index (χ1v) is 17.1. The van der Waals surface area contributed by atoms with Crippen molar-refractivity contribution in [3.8, 4) is 34.1 Å².